The fourth-order valence-corrected chi connectivity index (χ4v) is 6.13. The standard InChI is InChI=1S/C28H31BN4S/c1-18(2)34-27-23(26-28(3,32-26)33(4)29)21-16-11-17-22(25(21)31-27)30-24(19-12-7-5-8-13-19)20-14-9-6-10-15-20/h5-18,23,26-27,31-32H,1-4H3/t23?,26?,27?,28-/m0/s1. The van der Waals surface area contributed by atoms with E-state index in [9.17, 15) is 0 Å². The van der Waals surface area contributed by atoms with Gasteiger partial charge < -0.3 is 10.1 Å². The lowest BCUT2D eigenvalue weighted by molar-refractivity contribution is 0.368. The molecule has 0 aliphatic carbocycles. The molecule has 3 aromatic carbocycles. The van der Waals surface area contributed by atoms with Crippen molar-refractivity contribution >= 4 is 36.8 Å². The number of rotatable bonds is 7. The third kappa shape index (κ3) is 4.31. The van der Waals surface area contributed by atoms with E-state index in [2.05, 4.69) is 98.1 Å². The van der Waals surface area contributed by atoms with Gasteiger partial charge >= 0.3 is 0 Å². The monoisotopic (exact) mass is 466 g/mol. The van der Waals surface area contributed by atoms with Crippen LogP contribution >= 0.6 is 11.8 Å². The second-order valence-corrected chi connectivity index (χ2v) is 11.3. The first-order valence-corrected chi connectivity index (χ1v) is 12.8. The van der Waals surface area contributed by atoms with Crippen molar-refractivity contribution in [1.82, 2.24) is 10.1 Å². The van der Waals surface area contributed by atoms with E-state index in [-0.39, 0.29) is 17.1 Å². The molecule has 1 saturated heterocycles. The number of hydrogen-bond acceptors (Lipinski definition) is 5. The highest BCUT2D eigenvalue weighted by molar-refractivity contribution is 8.00. The summed E-state index contributed by atoms with van der Waals surface area (Å²) < 4.78 is 0. The summed E-state index contributed by atoms with van der Waals surface area (Å²) in [7, 11) is 8.14. The van der Waals surface area contributed by atoms with Crippen LogP contribution in [0.2, 0.25) is 0 Å². The van der Waals surface area contributed by atoms with E-state index in [1.807, 2.05) is 30.9 Å². The van der Waals surface area contributed by atoms with Gasteiger partial charge in [0, 0.05) is 28.3 Å². The Kier molecular flexibility index (Phi) is 6.32. The lowest BCUT2D eigenvalue weighted by atomic mass is 9.92. The predicted octanol–water partition coefficient (Wildman–Crippen LogP) is 5.54. The first kappa shape index (κ1) is 23.2. The van der Waals surface area contributed by atoms with Crippen LogP contribution in [0.15, 0.2) is 83.9 Å². The van der Waals surface area contributed by atoms with Crippen molar-refractivity contribution < 1.29 is 0 Å². The summed E-state index contributed by atoms with van der Waals surface area (Å²) in [4.78, 5) is 7.06. The quantitative estimate of drug-likeness (QED) is 0.273. The summed E-state index contributed by atoms with van der Waals surface area (Å²) in [5.41, 5.74) is 6.39. The zero-order chi connectivity index (χ0) is 23.9. The van der Waals surface area contributed by atoms with Crippen LogP contribution in [-0.2, 0) is 0 Å². The van der Waals surface area contributed by atoms with Gasteiger partial charge in [-0.2, -0.15) is 0 Å². The topological polar surface area (TPSA) is 49.6 Å². The lowest BCUT2D eigenvalue weighted by Crippen LogP contribution is -2.36. The Labute approximate surface area is 208 Å². The molecule has 0 amide bonds. The third-order valence-electron chi connectivity index (χ3n) is 6.85. The van der Waals surface area contributed by atoms with Crippen LogP contribution in [0.3, 0.4) is 0 Å². The molecule has 2 radical (unpaired) electrons. The van der Waals surface area contributed by atoms with Gasteiger partial charge in [-0.1, -0.05) is 86.6 Å². The second kappa shape index (κ2) is 9.25. The van der Waals surface area contributed by atoms with Crippen molar-refractivity contribution in [2.75, 3.05) is 12.4 Å². The van der Waals surface area contributed by atoms with Crippen LogP contribution in [0.25, 0.3) is 0 Å². The van der Waals surface area contributed by atoms with E-state index in [1.54, 1.807) is 4.81 Å². The van der Waals surface area contributed by atoms with Crippen LogP contribution in [0, 0.1) is 0 Å². The molecule has 172 valence electrons. The molecule has 6 heteroatoms. The first-order chi connectivity index (χ1) is 16.4. The molecule has 3 unspecified atom stereocenters. The van der Waals surface area contributed by atoms with Gasteiger partial charge in [0.2, 0.25) is 0 Å². The van der Waals surface area contributed by atoms with Crippen LogP contribution in [0.4, 0.5) is 11.4 Å². The summed E-state index contributed by atoms with van der Waals surface area (Å²) in [6.45, 7) is 6.68. The summed E-state index contributed by atoms with van der Waals surface area (Å²) in [6, 6.07) is 27.6. The molecule has 1 fully saturated rings. The van der Waals surface area contributed by atoms with Crippen LogP contribution < -0.4 is 10.6 Å². The van der Waals surface area contributed by atoms with Crippen molar-refractivity contribution in [3.05, 3.63) is 95.6 Å². The minimum atomic E-state index is -0.206. The number of fused-ring (bicyclic) bond motifs is 1. The van der Waals surface area contributed by atoms with Gasteiger partial charge in [-0.05, 0) is 25.6 Å². The highest BCUT2D eigenvalue weighted by Gasteiger charge is 2.58. The number of hydrogen-bond donors (Lipinski definition) is 2. The van der Waals surface area contributed by atoms with Gasteiger partial charge in [0.15, 0.2) is 7.98 Å². The number of likely N-dealkylation sites (N-methyl/N-ethyl adjacent to an activating group) is 1. The third-order valence-corrected chi connectivity index (χ3v) is 8.10. The zero-order valence-electron chi connectivity index (χ0n) is 20.2. The largest absolute Gasteiger partial charge is 0.371 e. The number of para-hydroxylation sites is 1. The Morgan fingerprint density at radius 2 is 1.59 bits per heavy atom. The van der Waals surface area contributed by atoms with Gasteiger partial charge in [0.25, 0.3) is 0 Å². The highest BCUT2D eigenvalue weighted by atomic mass is 32.2. The number of nitrogens with one attached hydrogen (secondary N) is 2. The Morgan fingerprint density at radius 3 is 2.12 bits per heavy atom. The maximum Gasteiger partial charge on any atom is 0.184 e. The molecule has 2 N–H and O–H groups in total. The molecule has 5 rings (SSSR count). The number of nitrogens with zero attached hydrogens (tertiary/aromatic N) is 2. The molecule has 0 bridgehead atoms. The first-order valence-electron chi connectivity index (χ1n) is 11.9. The molecule has 2 heterocycles. The maximum absolute atomic E-state index is 6.20. The van der Waals surface area contributed by atoms with E-state index in [0.29, 0.717) is 11.2 Å². The summed E-state index contributed by atoms with van der Waals surface area (Å²) in [5, 5.41) is 8.26. The van der Waals surface area contributed by atoms with E-state index < -0.39 is 0 Å². The average Bonchev–Trinajstić information content (AvgIpc) is 3.39. The number of aliphatic imine (C=N–C) groups is 1. The normalized spacial score (nSPS) is 25.2. The van der Waals surface area contributed by atoms with Crippen LogP contribution in [0.1, 0.15) is 43.4 Å². The van der Waals surface area contributed by atoms with Crippen molar-refractivity contribution in [1.29, 1.82) is 0 Å². The minimum absolute atomic E-state index is 0.206. The van der Waals surface area contributed by atoms with Crippen molar-refractivity contribution in [2.24, 2.45) is 4.99 Å². The number of thioether (sulfide) groups is 1. The maximum atomic E-state index is 6.20. The smallest absolute Gasteiger partial charge is 0.184 e. The van der Waals surface area contributed by atoms with Gasteiger partial charge in [-0.3, -0.25) is 5.32 Å². The number of anilines is 1. The van der Waals surface area contributed by atoms with E-state index >= 15 is 0 Å². The van der Waals surface area contributed by atoms with Gasteiger partial charge in [0.1, 0.15) is 0 Å². The number of benzene rings is 3. The van der Waals surface area contributed by atoms with E-state index in [1.165, 1.54) is 5.56 Å². The van der Waals surface area contributed by atoms with Gasteiger partial charge in [-0.25, -0.2) is 4.99 Å². The summed E-state index contributed by atoms with van der Waals surface area (Å²) >= 11 is 1.97. The average molecular weight is 466 g/mol. The van der Waals surface area contributed by atoms with E-state index in [4.69, 9.17) is 13.0 Å². The molecule has 3 aromatic rings. The fraction of sp³-hybridized carbons (Fsp3) is 0.321. The van der Waals surface area contributed by atoms with E-state index in [0.717, 1.165) is 28.2 Å². The fourth-order valence-electron chi connectivity index (χ4n) is 4.89. The molecule has 0 aromatic heterocycles. The van der Waals surface area contributed by atoms with Crippen molar-refractivity contribution in [3.8, 4) is 0 Å². The summed E-state index contributed by atoms with van der Waals surface area (Å²) in [5.74, 6) is 0.297. The van der Waals surface area contributed by atoms with Gasteiger partial charge in [0.05, 0.1) is 28.1 Å². The molecule has 0 spiro atoms. The van der Waals surface area contributed by atoms with Gasteiger partial charge in [-0.15, -0.1) is 11.8 Å². The lowest BCUT2D eigenvalue weighted by Gasteiger charge is -2.25. The van der Waals surface area contributed by atoms with Crippen LogP contribution in [-0.4, -0.2) is 47.9 Å². The molecule has 2 aliphatic heterocycles. The Balaban J connectivity index is 1.60. The Hall–Kier alpha value is -2.54. The molecule has 4 nitrogen and oxygen atoms in total. The molecule has 2 aliphatic rings. The predicted molar refractivity (Wildman–Crippen MR) is 146 cm³/mol. The molecular weight excluding hydrogens is 435 g/mol. The Morgan fingerprint density at radius 1 is 0.971 bits per heavy atom. The highest BCUT2D eigenvalue weighted by Crippen LogP contribution is 2.52. The molecule has 4 atom stereocenters. The summed E-state index contributed by atoms with van der Waals surface area (Å²) in [6.07, 6.45) is 0. The second-order valence-electron chi connectivity index (χ2n) is 9.59. The molecule has 34 heavy (non-hydrogen) atoms. The Bertz CT molecular complexity index is 1140. The minimum Gasteiger partial charge on any atom is -0.371 e. The SMILES string of the molecule is [B]N(C)[C@]1(C)NC1C1c2cccc(N=C(c3ccccc3)c3ccccc3)c2NC1SC(C)C. The molecule has 0 saturated carbocycles. The van der Waals surface area contributed by atoms with Crippen molar-refractivity contribution in [2.45, 2.75) is 49.0 Å². The van der Waals surface area contributed by atoms with Crippen LogP contribution in [0.5, 0.6) is 0 Å². The molecular formula is C28H31BN4S. The zero-order valence-corrected chi connectivity index (χ0v) is 21.0. The van der Waals surface area contributed by atoms with Crippen molar-refractivity contribution in [3.63, 3.8) is 0 Å².